The lowest BCUT2D eigenvalue weighted by molar-refractivity contribution is -0.138. The van der Waals surface area contributed by atoms with Gasteiger partial charge in [-0.05, 0) is 56.4 Å². The van der Waals surface area contributed by atoms with E-state index >= 15 is 0 Å². The van der Waals surface area contributed by atoms with Crippen molar-refractivity contribution in [2.45, 2.75) is 51.1 Å². The fourth-order valence-corrected chi connectivity index (χ4v) is 3.70. The molecule has 2 N–H and O–H groups in total. The van der Waals surface area contributed by atoms with Crippen molar-refractivity contribution in [1.29, 1.82) is 0 Å². The highest BCUT2D eigenvalue weighted by Gasteiger charge is 2.36. The molecule has 1 saturated heterocycles. The van der Waals surface area contributed by atoms with Gasteiger partial charge in [-0.15, -0.1) is 0 Å². The number of nitrogens with one attached hydrogen (secondary N) is 2. The number of likely N-dealkylation sites (tertiary alicyclic amines) is 1. The molecule has 2 aromatic rings. The van der Waals surface area contributed by atoms with Crippen LogP contribution in [-0.2, 0) is 16.0 Å². The first kappa shape index (κ1) is 16.1. The van der Waals surface area contributed by atoms with E-state index < -0.39 is 0 Å². The van der Waals surface area contributed by atoms with E-state index in [-0.39, 0.29) is 30.1 Å². The molecular formula is C19H22FN3O2. The number of hydrogen-bond donors (Lipinski definition) is 2. The van der Waals surface area contributed by atoms with E-state index in [1.54, 1.807) is 11.0 Å². The summed E-state index contributed by atoms with van der Waals surface area (Å²) in [7, 11) is 0. The Kier molecular flexibility index (Phi) is 3.98. The first-order valence-corrected chi connectivity index (χ1v) is 8.89. The first-order chi connectivity index (χ1) is 12.0. The van der Waals surface area contributed by atoms with Crippen LogP contribution in [-0.4, -0.2) is 40.3 Å². The quantitative estimate of drug-likeness (QED) is 0.895. The molecule has 6 heteroatoms. The average Bonchev–Trinajstić information content (AvgIpc) is 3.15. The average molecular weight is 343 g/mol. The number of carbonyl (C=O) groups is 2. The molecule has 0 unspecified atom stereocenters. The van der Waals surface area contributed by atoms with Crippen molar-refractivity contribution >= 4 is 22.7 Å². The lowest BCUT2D eigenvalue weighted by atomic mass is 10.1. The Hall–Kier alpha value is -2.37. The van der Waals surface area contributed by atoms with Crippen LogP contribution in [0.15, 0.2) is 18.2 Å². The van der Waals surface area contributed by atoms with Crippen LogP contribution in [0.5, 0.6) is 0 Å². The smallest absolute Gasteiger partial charge is 0.243 e. The Morgan fingerprint density at radius 1 is 1.32 bits per heavy atom. The van der Waals surface area contributed by atoms with Crippen LogP contribution in [0, 0.1) is 12.7 Å². The molecular weight excluding hydrogens is 321 g/mol. The van der Waals surface area contributed by atoms with E-state index in [1.807, 2.05) is 6.92 Å². The van der Waals surface area contributed by atoms with Crippen LogP contribution in [0.1, 0.15) is 36.9 Å². The molecule has 2 aliphatic rings. The van der Waals surface area contributed by atoms with Gasteiger partial charge in [-0.25, -0.2) is 4.39 Å². The van der Waals surface area contributed by atoms with Crippen molar-refractivity contribution in [3.63, 3.8) is 0 Å². The molecule has 1 aliphatic heterocycles. The highest BCUT2D eigenvalue weighted by Crippen LogP contribution is 2.26. The molecule has 25 heavy (non-hydrogen) atoms. The van der Waals surface area contributed by atoms with Gasteiger partial charge in [-0.3, -0.25) is 9.59 Å². The van der Waals surface area contributed by atoms with Gasteiger partial charge in [0.15, 0.2) is 0 Å². The van der Waals surface area contributed by atoms with Gasteiger partial charge < -0.3 is 15.2 Å². The van der Waals surface area contributed by atoms with E-state index in [2.05, 4.69) is 10.3 Å². The minimum Gasteiger partial charge on any atom is -0.358 e. The lowest BCUT2D eigenvalue weighted by Gasteiger charge is -2.24. The van der Waals surface area contributed by atoms with Gasteiger partial charge in [0.2, 0.25) is 11.8 Å². The molecule has 2 amide bonds. The number of carbonyl (C=O) groups excluding carboxylic acids is 2. The number of fused-ring (bicyclic) bond motifs is 1. The Morgan fingerprint density at radius 2 is 2.12 bits per heavy atom. The molecule has 0 bridgehead atoms. The minimum atomic E-state index is -0.365. The van der Waals surface area contributed by atoms with Crippen LogP contribution >= 0.6 is 0 Å². The van der Waals surface area contributed by atoms with Gasteiger partial charge in [0.05, 0.1) is 6.42 Å². The van der Waals surface area contributed by atoms with Crippen molar-refractivity contribution in [2.24, 2.45) is 0 Å². The van der Waals surface area contributed by atoms with Gasteiger partial charge in [0.25, 0.3) is 0 Å². The predicted octanol–water partition coefficient (Wildman–Crippen LogP) is 2.43. The third-order valence-electron chi connectivity index (χ3n) is 5.21. The number of aromatic amines is 1. The number of hydrogen-bond acceptors (Lipinski definition) is 2. The molecule has 1 saturated carbocycles. The van der Waals surface area contributed by atoms with Gasteiger partial charge in [-0.1, -0.05) is 0 Å². The monoisotopic (exact) mass is 343 g/mol. The molecule has 1 atom stereocenters. The first-order valence-electron chi connectivity index (χ1n) is 8.89. The number of benzene rings is 1. The molecule has 4 rings (SSSR count). The second kappa shape index (κ2) is 6.17. The fourth-order valence-electron chi connectivity index (χ4n) is 3.70. The number of amides is 2. The maximum atomic E-state index is 13.6. The van der Waals surface area contributed by atoms with E-state index in [0.717, 1.165) is 41.4 Å². The summed E-state index contributed by atoms with van der Waals surface area (Å²) in [5.74, 6) is -0.417. The third-order valence-corrected chi connectivity index (χ3v) is 5.21. The van der Waals surface area contributed by atoms with Crippen molar-refractivity contribution in [3.8, 4) is 0 Å². The summed E-state index contributed by atoms with van der Waals surface area (Å²) >= 11 is 0. The topological polar surface area (TPSA) is 65.2 Å². The normalized spacial score (nSPS) is 20.2. The summed E-state index contributed by atoms with van der Waals surface area (Å²) < 4.78 is 13.6. The summed E-state index contributed by atoms with van der Waals surface area (Å²) in [6, 6.07) is 4.48. The number of halogens is 1. The Morgan fingerprint density at radius 3 is 2.88 bits per heavy atom. The summed E-state index contributed by atoms with van der Waals surface area (Å²) in [5.41, 5.74) is 2.51. The number of aromatic nitrogens is 1. The maximum absolute atomic E-state index is 13.6. The molecule has 2 fully saturated rings. The number of aryl methyl sites for hydroxylation is 1. The predicted molar refractivity (Wildman–Crippen MR) is 92.6 cm³/mol. The Labute approximate surface area is 145 Å². The van der Waals surface area contributed by atoms with Crippen LogP contribution in [0.4, 0.5) is 4.39 Å². The Bertz CT molecular complexity index is 841. The molecule has 132 valence electrons. The van der Waals surface area contributed by atoms with Crippen molar-refractivity contribution < 1.29 is 14.0 Å². The lowest BCUT2D eigenvalue weighted by Crippen LogP contribution is -2.47. The summed E-state index contributed by atoms with van der Waals surface area (Å²) in [5, 5.41) is 3.74. The molecule has 5 nitrogen and oxygen atoms in total. The summed E-state index contributed by atoms with van der Waals surface area (Å²) in [6.07, 6.45) is 3.81. The minimum absolute atomic E-state index is 0.0324. The van der Waals surface area contributed by atoms with E-state index in [4.69, 9.17) is 0 Å². The molecule has 1 aliphatic carbocycles. The second-order valence-corrected chi connectivity index (χ2v) is 7.12. The zero-order valence-electron chi connectivity index (χ0n) is 14.3. The van der Waals surface area contributed by atoms with Gasteiger partial charge in [0, 0.05) is 29.2 Å². The third kappa shape index (κ3) is 3.13. The van der Waals surface area contributed by atoms with Crippen molar-refractivity contribution in [3.05, 3.63) is 35.3 Å². The molecule has 0 spiro atoms. The van der Waals surface area contributed by atoms with Gasteiger partial charge in [0.1, 0.15) is 11.9 Å². The summed E-state index contributed by atoms with van der Waals surface area (Å²) in [4.78, 5) is 30.1. The zero-order valence-corrected chi connectivity index (χ0v) is 14.3. The fraction of sp³-hybridized carbons (Fsp3) is 0.474. The molecule has 1 aromatic heterocycles. The summed E-state index contributed by atoms with van der Waals surface area (Å²) in [6.45, 7) is 2.50. The molecule has 2 heterocycles. The van der Waals surface area contributed by atoms with Crippen molar-refractivity contribution in [1.82, 2.24) is 15.2 Å². The largest absolute Gasteiger partial charge is 0.358 e. The highest BCUT2D eigenvalue weighted by molar-refractivity contribution is 5.93. The van der Waals surface area contributed by atoms with E-state index in [9.17, 15) is 14.0 Å². The van der Waals surface area contributed by atoms with Crippen LogP contribution < -0.4 is 5.32 Å². The molecule has 1 aromatic carbocycles. The zero-order chi connectivity index (χ0) is 17.6. The SMILES string of the molecule is Cc1[nH]c2ccc(F)cc2c1CC(=O)N1CCC[C@H]1C(=O)NC1CC1. The number of H-pyrrole nitrogens is 1. The maximum Gasteiger partial charge on any atom is 0.243 e. The van der Waals surface area contributed by atoms with Gasteiger partial charge >= 0.3 is 0 Å². The second-order valence-electron chi connectivity index (χ2n) is 7.12. The van der Waals surface area contributed by atoms with Crippen LogP contribution in [0.25, 0.3) is 10.9 Å². The molecule has 0 radical (unpaired) electrons. The van der Waals surface area contributed by atoms with Crippen molar-refractivity contribution in [2.75, 3.05) is 6.54 Å². The van der Waals surface area contributed by atoms with Crippen LogP contribution in [0.3, 0.4) is 0 Å². The highest BCUT2D eigenvalue weighted by atomic mass is 19.1. The van der Waals surface area contributed by atoms with Gasteiger partial charge in [-0.2, -0.15) is 0 Å². The Balaban J connectivity index is 1.54. The van der Waals surface area contributed by atoms with Crippen LogP contribution in [0.2, 0.25) is 0 Å². The van der Waals surface area contributed by atoms with E-state index in [0.29, 0.717) is 19.0 Å². The number of rotatable bonds is 4. The van der Waals surface area contributed by atoms with E-state index in [1.165, 1.54) is 12.1 Å². The number of nitrogens with zero attached hydrogens (tertiary/aromatic N) is 1. The standard InChI is InChI=1S/C19H22FN3O2/c1-11-14(15-9-12(20)4-7-16(15)21-11)10-18(24)23-8-2-3-17(23)19(25)22-13-5-6-13/h4,7,9,13,17,21H,2-3,5-6,8,10H2,1H3,(H,22,25)/t17-/m0/s1.